The summed E-state index contributed by atoms with van der Waals surface area (Å²) in [6, 6.07) is 9.51. The van der Waals surface area contributed by atoms with Gasteiger partial charge in [0.2, 0.25) is 0 Å². The molecule has 1 aromatic carbocycles. The molecule has 5 heteroatoms. The zero-order valence-electron chi connectivity index (χ0n) is 9.21. The number of nitrogens with zero attached hydrogens (tertiary/aromatic N) is 3. The maximum absolute atomic E-state index is 11.9. The van der Waals surface area contributed by atoms with Gasteiger partial charge in [-0.05, 0) is 19.1 Å². The third-order valence-electron chi connectivity index (χ3n) is 2.55. The van der Waals surface area contributed by atoms with E-state index in [0.29, 0.717) is 16.9 Å². The number of aryl methyl sites for hydroxylation is 1. The van der Waals surface area contributed by atoms with Crippen LogP contribution in [0.3, 0.4) is 0 Å². The molecule has 0 aliphatic heterocycles. The molecular weight excluding hydrogens is 216 g/mol. The summed E-state index contributed by atoms with van der Waals surface area (Å²) in [6.45, 7) is 1.75. The van der Waals surface area contributed by atoms with Crippen molar-refractivity contribution in [2.75, 3.05) is 0 Å². The Kier molecular flexibility index (Phi) is 2.04. The Balaban J connectivity index is 2.37. The first kappa shape index (κ1) is 9.77. The van der Waals surface area contributed by atoms with Gasteiger partial charge in [0.15, 0.2) is 5.52 Å². The maximum Gasteiger partial charge on any atom is 0.277 e. The van der Waals surface area contributed by atoms with E-state index >= 15 is 0 Å². The first-order valence-electron chi connectivity index (χ1n) is 5.26. The second-order valence-corrected chi connectivity index (χ2v) is 3.78. The number of para-hydroxylation sites is 1. The highest BCUT2D eigenvalue weighted by Gasteiger charge is 2.09. The molecule has 0 fully saturated rings. The predicted octanol–water partition coefficient (Wildman–Crippen LogP) is 1.42. The van der Waals surface area contributed by atoms with E-state index in [1.807, 2.05) is 30.3 Å². The van der Waals surface area contributed by atoms with E-state index < -0.39 is 0 Å². The van der Waals surface area contributed by atoms with Crippen molar-refractivity contribution in [3.63, 3.8) is 0 Å². The summed E-state index contributed by atoms with van der Waals surface area (Å²) in [6.07, 6.45) is 1.60. The van der Waals surface area contributed by atoms with Crippen molar-refractivity contribution in [2.45, 2.75) is 6.92 Å². The van der Waals surface area contributed by atoms with Gasteiger partial charge in [-0.25, -0.2) is 9.67 Å². The third kappa shape index (κ3) is 1.52. The highest BCUT2D eigenvalue weighted by Crippen LogP contribution is 2.12. The van der Waals surface area contributed by atoms with Crippen LogP contribution in [0, 0.1) is 6.92 Å². The van der Waals surface area contributed by atoms with Gasteiger partial charge in [0.25, 0.3) is 5.56 Å². The lowest BCUT2D eigenvalue weighted by Crippen LogP contribution is -2.13. The lowest BCUT2D eigenvalue weighted by Gasteiger charge is -2.01. The smallest absolute Gasteiger partial charge is 0.277 e. The molecule has 2 aromatic heterocycles. The number of aromatic nitrogens is 4. The minimum Gasteiger partial charge on any atom is -0.309 e. The molecule has 0 aliphatic carbocycles. The average Bonchev–Trinajstić information content (AvgIpc) is 2.74. The molecule has 0 atom stereocenters. The number of nitrogens with one attached hydrogen (secondary N) is 1. The molecule has 0 radical (unpaired) electrons. The van der Waals surface area contributed by atoms with Crippen LogP contribution >= 0.6 is 0 Å². The van der Waals surface area contributed by atoms with Crippen LogP contribution < -0.4 is 5.56 Å². The standard InChI is InChI=1S/C12H10N4O/c1-8-14-10-7-13-16(11(10)12(17)15-8)9-5-3-2-4-6-9/h2-7H,1H3,(H,14,15,17). The van der Waals surface area contributed by atoms with E-state index in [1.54, 1.807) is 17.8 Å². The Morgan fingerprint density at radius 3 is 2.76 bits per heavy atom. The second-order valence-electron chi connectivity index (χ2n) is 3.78. The fraction of sp³-hybridized carbons (Fsp3) is 0.0833. The summed E-state index contributed by atoms with van der Waals surface area (Å²) in [5.74, 6) is 0.593. The van der Waals surface area contributed by atoms with Crippen LogP contribution in [0.5, 0.6) is 0 Å². The molecule has 0 saturated heterocycles. The molecule has 0 aliphatic rings. The molecule has 0 spiro atoms. The van der Waals surface area contributed by atoms with Gasteiger partial charge in [-0.3, -0.25) is 4.79 Å². The quantitative estimate of drug-likeness (QED) is 0.682. The van der Waals surface area contributed by atoms with Gasteiger partial charge in [-0.1, -0.05) is 18.2 Å². The summed E-state index contributed by atoms with van der Waals surface area (Å²) in [7, 11) is 0. The Labute approximate surface area is 96.7 Å². The Bertz CT molecular complexity index is 727. The Morgan fingerprint density at radius 1 is 1.24 bits per heavy atom. The van der Waals surface area contributed by atoms with E-state index in [0.717, 1.165) is 5.69 Å². The molecule has 84 valence electrons. The lowest BCUT2D eigenvalue weighted by atomic mass is 10.3. The van der Waals surface area contributed by atoms with Crippen LogP contribution in [-0.4, -0.2) is 19.7 Å². The van der Waals surface area contributed by atoms with Gasteiger partial charge < -0.3 is 4.98 Å². The van der Waals surface area contributed by atoms with Crippen molar-refractivity contribution in [1.82, 2.24) is 19.7 Å². The summed E-state index contributed by atoms with van der Waals surface area (Å²) < 4.78 is 1.60. The molecule has 3 aromatic rings. The molecule has 0 saturated carbocycles. The predicted molar refractivity (Wildman–Crippen MR) is 64.2 cm³/mol. The van der Waals surface area contributed by atoms with Crippen LogP contribution in [0.1, 0.15) is 5.82 Å². The van der Waals surface area contributed by atoms with Gasteiger partial charge in [0.1, 0.15) is 11.3 Å². The lowest BCUT2D eigenvalue weighted by molar-refractivity contribution is 0.901. The number of benzene rings is 1. The first-order valence-corrected chi connectivity index (χ1v) is 5.26. The molecule has 3 rings (SSSR count). The highest BCUT2D eigenvalue weighted by molar-refractivity contribution is 5.74. The molecule has 17 heavy (non-hydrogen) atoms. The van der Waals surface area contributed by atoms with E-state index in [9.17, 15) is 4.79 Å². The molecule has 5 nitrogen and oxygen atoms in total. The molecule has 0 amide bonds. The summed E-state index contributed by atoms with van der Waals surface area (Å²) in [5, 5.41) is 4.20. The summed E-state index contributed by atoms with van der Waals surface area (Å²) in [4.78, 5) is 18.8. The van der Waals surface area contributed by atoms with E-state index in [4.69, 9.17) is 0 Å². The molecule has 1 N–H and O–H groups in total. The monoisotopic (exact) mass is 226 g/mol. The zero-order chi connectivity index (χ0) is 11.8. The average molecular weight is 226 g/mol. The number of rotatable bonds is 1. The van der Waals surface area contributed by atoms with Crippen molar-refractivity contribution >= 4 is 11.0 Å². The topological polar surface area (TPSA) is 63.6 Å². The SMILES string of the molecule is Cc1nc2cnn(-c3ccccc3)c2c(=O)[nH]1. The van der Waals surface area contributed by atoms with E-state index in [-0.39, 0.29) is 5.56 Å². The number of hydrogen-bond acceptors (Lipinski definition) is 3. The highest BCUT2D eigenvalue weighted by atomic mass is 16.1. The first-order chi connectivity index (χ1) is 8.25. The second kappa shape index (κ2) is 3.55. The van der Waals surface area contributed by atoms with Gasteiger partial charge >= 0.3 is 0 Å². The fourth-order valence-corrected chi connectivity index (χ4v) is 1.83. The number of aromatic amines is 1. The van der Waals surface area contributed by atoms with Gasteiger partial charge in [0.05, 0.1) is 11.9 Å². The van der Waals surface area contributed by atoms with Gasteiger partial charge in [-0.15, -0.1) is 0 Å². The largest absolute Gasteiger partial charge is 0.309 e. The normalized spacial score (nSPS) is 10.9. The van der Waals surface area contributed by atoms with Gasteiger partial charge in [-0.2, -0.15) is 5.10 Å². The van der Waals surface area contributed by atoms with Crippen molar-refractivity contribution in [1.29, 1.82) is 0 Å². The van der Waals surface area contributed by atoms with Crippen LogP contribution in [0.25, 0.3) is 16.7 Å². The zero-order valence-corrected chi connectivity index (χ0v) is 9.21. The third-order valence-corrected chi connectivity index (χ3v) is 2.55. The van der Waals surface area contributed by atoms with Crippen LogP contribution in [0.15, 0.2) is 41.3 Å². The van der Waals surface area contributed by atoms with Crippen molar-refractivity contribution in [3.8, 4) is 5.69 Å². The molecular formula is C12H10N4O. The fourth-order valence-electron chi connectivity index (χ4n) is 1.83. The minimum atomic E-state index is -0.172. The van der Waals surface area contributed by atoms with Crippen molar-refractivity contribution < 1.29 is 0 Å². The molecule has 2 heterocycles. The van der Waals surface area contributed by atoms with Crippen molar-refractivity contribution in [2.24, 2.45) is 0 Å². The maximum atomic E-state index is 11.9. The van der Waals surface area contributed by atoms with Crippen molar-refractivity contribution in [3.05, 3.63) is 52.7 Å². The van der Waals surface area contributed by atoms with Crippen LogP contribution in [-0.2, 0) is 0 Å². The van der Waals surface area contributed by atoms with E-state index in [1.165, 1.54) is 0 Å². The number of H-pyrrole nitrogens is 1. The number of hydrogen-bond donors (Lipinski definition) is 1. The van der Waals surface area contributed by atoms with Crippen LogP contribution in [0.2, 0.25) is 0 Å². The number of fused-ring (bicyclic) bond motifs is 1. The minimum absolute atomic E-state index is 0.172. The Morgan fingerprint density at radius 2 is 2.00 bits per heavy atom. The molecule has 0 unspecified atom stereocenters. The van der Waals surface area contributed by atoms with Gasteiger partial charge in [0, 0.05) is 0 Å². The molecule has 0 bridgehead atoms. The Hall–Kier alpha value is -2.43. The summed E-state index contributed by atoms with van der Waals surface area (Å²) in [5.41, 5.74) is 1.75. The van der Waals surface area contributed by atoms with E-state index in [2.05, 4.69) is 15.1 Å². The summed E-state index contributed by atoms with van der Waals surface area (Å²) >= 11 is 0. The van der Waals surface area contributed by atoms with Crippen LogP contribution in [0.4, 0.5) is 0 Å².